The highest BCUT2D eigenvalue weighted by Crippen LogP contribution is 2.36. The average Bonchev–Trinajstić information content (AvgIpc) is 3.20. The van der Waals surface area contributed by atoms with E-state index in [9.17, 15) is 4.79 Å². The van der Waals surface area contributed by atoms with Crippen LogP contribution in [0.3, 0.4) is 0 Å². The van der Waals surface area contributed by atoms with Crippen molar-refractivity contribution in [3.63, 3.8) is 0 Å². The highest BCUT2D eigenvalue weighted by molar-refractivity contribution is 7.16. The maximum atomic E-state index is 12.1. The zero-order chi connectivity index (χ0) is 15.5. The molecule has 1 atom stereocenters. The van der Waals surface area contributed by atoms with E-state index >= 15 is 0 Å². The summed E-state index contributed by atoms with van der Waals surface area (Å²) in [5.41, 5.74) is 0.914. The largest absolute Gasteiger partial charge is 0.454 e. The van der Waals surface area contributed by atoms with Crippen molar-refractivity contribution in [1.29, 1.82) is 0 Å². The van der Waals surface area contributed by atoms with Crippen molar-refractivity contribution in [3.05, 3.63) is 29.3 Å². The van der Waals surface area contributed by atoms with Crippen molar-refractivity contribution in [3.8, 4) is 22.1 Å². The van der Waals surface area contributed by atoms with E-state index in [1.165, 1.54) is 11.3 Å². The molecule has 2 heterocycles. The van der Waals surface area contributed by atoms with Gasteiger partial charge in [-0.05, 0) is 32.2 Å². The summed E-state index contributed by atoms with van der Waals surface area (Å²) in [6.45, 7) is 2.82. The zero-order valence-electron chi connectivity index (χ0n) is 12.8. The lowest BCUT2D eigenvalue weighted by Crippen LogP contribution is -2.36. The second kappa shape index (κ2) is 7.63. The average molecular weight is 356 g/mol. The number of fused-ring (bicyclic) bond motifs is 1. The summed E-state index contributed by atoms with van der Waals surface area (Å²) in [6.07, 6.45) is 1.60. The number of ether oxygens (including phenoxy) is 2. The molecule has 1 aliphatic heterocycles. The van der Waals surface area contributed by atoms with E-state index in [2.05, 4.69) is 15.6 Å². The standard InChI is InChI=1S/C15H17N3O3S.ClH/c1-9(16-2)6-17-14(19)13-7-18-15(22-13)10-3-4-11-12(5-10)21-8-20-11;/h3-5,7,9,16H,6,8H2,1-2H3,(H,17,19);1H. The van der Waals surface area contributed by atoms with E-state index in [0.717, 1.165) is 16.3 Å². The number of amides is 1. The molecular formula is C15H18ClN3O3S. The molecule has 6 nitrogen and oxygen atoms in total. The fourth-order valence-corrected chi connectivity index (χ4v) is 2.81. The predicted octanol–water partition coefficient (Wildman–Crippen LogP) is 2.30. The molecule has 2 N–H and O–H groups in total. The Kier molecular flexibility index (Phi) is 5.81. The molecule has 2 aromatic rings. The topological polar surface area (TPSA) is 72.5 Å². The quantitative estimate of drug-likeness (QED) is 0.861. The molecule has 8 heteroatoms. The first-order valence-corrected chi connectivity index (χ1v) is 7.80. The van der Waals surface area contributed by atoms with Crippen molar-refractivity contribution < 1.29 is 14.3 Å². The Morgan fingerprint density at radius 2 is 2.17 bits per heavy atom. The van der Waals surface area contributed by atoms with Crippen LogP contribution in [0.25, 0.3) is 10.6 Å². The minimum absolute atomic E-state index is 0. The molecule has 0 fully saturated rings. The van der Waals surface area contributed by atoms with Gasteiger partial charge in [0.2, 0.25) is 6.79 Å². The molecule has 1 aromatic heterocycles. The maximum Gasteiger partial charge on any atom is 0.263 e. The van der Waals surface area contributed by atoms with Gasteiger partial charge >= 0.3 is 0 Å². The number of thiazole rings is 1. The number of rotatable bonds is 5. The lowest BCUT2D eigenvalue weighted by Gasteiger charge is -2.10. The summed E-state index contributed by atoms with van der Waals surface area (Å²) >= 11 is 1.36. The third-order valence-corrected chi connectivity index (χ3v) is 4.46. The van der Waals surface area contributed by atoms with Gasteiger partial charge in [-0.25, -0.2) is 4.98 Å². The van der Waals surface area contributed by atoms with E-state index in [1.807, 2.05) is 32.2 Å². The number of carbonyl (C=O) groups is 1. The molecular weight excluding hydrogens is 338 g/mol. The van der Waals surface area contributed by atoms with Gasteiger partial charge in [-0.2, -0.15) is 0 Å². The molecule has 0 saturated heterocycles. The van der Waals surface area contributed by atoms with Crippen LogP contribution < -0.4 is 20.1 Å². The number of nitrogens with zero attached hydrogens (tertiary/aromatic N) is 1. The Bertz CT molecular complexity index is 692. The van der Waals surface area contributed by atoms with Gasteiger partial charge in [0.05, 0.1) is 6.20 Å². The van der Waals surface area contributed by atoms with E-state index in [-0.39, 0.29) is 31.1 Å². The number of hydrogen-bond acceptors (Lipinski definition) is 6. The Labute approximate surface area is 144 Å². The van der Waals surface area contributed by atoms with Crippen LogP contribution in [0, 0.1) is 0 Å². The van der Waals surface area contributed by atoms with E-state index < -0.39 is 0 Å². The van der Waals surface area contributed by atoms with Gasteiger partial charge in [0, 0.05) is 18.2 Å². The molecule has 0 bridgehead atoms. The molecule has 0 radical (unpaired) electrons. The number of benzene rings is 1. The molecule has 1 amide bonds. The van der Waals surface area contributed by atoms with Gasteiger partial charge in [0.1, 0.15) is 9.88 Å². The molecule has 1 aromatic carbocycles. The van der Waals surface area contributed by atoms with Crippen LogP contribution >= 0.6 is 23.7 Å². The first-order valence-electron chi connectivity index (χ1n) is 6.98. The predicted molar refractivity (Wildman–Crippen MR) is 91.8 cm³/mol. The van der Waals surface area contributed by atoms with Crippen LogP contribution in [0.15, 0.2) is 24.4 Å². The van der Waals surface area contributed by atoms with E-state index in [1.54, 1.807) is 6.20 Å². The summed E-state index contributed by atoms with van der Waals surface area (Å²) < 4.78 is 10.6. The van der Waals surface area contributed by atoms with Crippen LogP contribution in [0.1, 0.15) is 16.6 Å². The molecule has 124 valence electrons. The Morgan fingerprint density at radius 3 is 2.96 bits per heavy atom. The van der Waals surface area contributed by atoms with Gasteiger partial charge in [-0.3, -0.25) is 4.79 Å². The first kappa shape index (κ1) is 17.5. The van der Waals surface area contributed by atoms with Crippen molar-refractivity contribution in [1.82, 2.24) is 15.6 Å². The summed E-state index contributed by atoms with van der Waals surface area (Å²) in [7, 11) is 1.86. The molecule has 3 rings (SSSR count). The number of carbonyl (C=O) groups excluding carboxylic acids is 1. The second-order valence-corrected chi connectivity index (χ2v) is 6.03. The molecule has 0 saturated carbocycles. The monoisotopic (exact) mass is 355 g/mol. The first-order chi connectivity index (χ1) is 10.7. The molecule has 0 spiro atoms. The summed E-state index contributed by atoms with van der Waals surface area (Å²) in [5.74, 6) is 1.34. The van der Waals surface area contributed by atoms with Crippen molar-refractivity contribution >= 4 is 29.7 Å². The Balaban J connectivity index is 0.00000192. The lowest BCUT2D eigenvalue weighted by atomic mass is 10.2. The maximum absolute atomic E-state index is 12.1. The van der Waals surface area contributed by atoms with E-state index in [4.69, 9.17) is 9.47 Å². The molecule has 1 unspecified atom stereocenters. The highest BCUT2D eigenvalue weighted by Gasteiger charge is 2.17. The van der Waals surface area contributed by atoms with Crippen molar-refractivity contribution in [2.45, 2.75) is 13.0 Å². The number of halogens is 1. The van der Waals surface area contributed by atoms with Crippen LogP contribution in [0.4, 0.5) is 0 Å². The van der Waals surface area contributed by atoms with Crippen LogP contribution in [0.5, 0.6) is 11.5 Å². The third kappa shape index (κ3) is 3.93. The fraction of sp³-hybridized carbons (Fsp3) is 0.333. The molecule has 1 aliphatic rings. The summed E-state index contributed by atoms with van der Waals surface area (Å²) in [5, 5.41) is 6.74. The Hall–Kier alpha value is -1.83. The number of aromatic nitrogens is 1. The highest BCUT2D eigenvalue weighted by atomic mass is 35.5. The molecule has 23 heavy (non-hydrogen) atoms. The fourth-order valence-electron chi connectivity index (χ4n) is 1.98. The normalized spacial score (nSPS) is 13.3. The number of hydrogen-bond donors (Lipinski definition) is 2. The Morgan fingerprint density at radius 1 is 1.39 bits per heavy atom. The SMILES string of the molecule is CNC(C)CNC(=O)c1cnc(-c2ccc3c(c2)OCO3)s1.Cl. The smallest absolute Gasteiger partial charge is 0.263 e. The number of nitrogens with one attached hydrogen (secondary N) is 2. The molecule has 0 aliphatic carbocycles. The van der Waals surface area contributed by atoms with Gasteiger partial charge in [0.15, 0.2) is 11.5 Å². The zero-order valence-corrected chi connectivity index (χ0v) is 14.4. The van der Waals surface area contributed by atoms with Gasteiger partial charge in [-0.15, -0.1) is 23.7 Å². The van der Waals surface area contributed by atoms with Gasteiger partial charge in [0.25, 0.3) is 5.91 Å². The van der Waals surface area contributed by atoms with Crippen LogP contribution in [-0.2, 0) is 0 Å². The van der Waals surface area contributed by atoms with Gasteiger partial charge in [-0.1, -0.05) is 0 Å². The van der Waals surface area contributed by atoms with E-state index in [0.29, 0.717) is 17.2 Å². The summed E-state index contributed by atoms with van der Waals surface area (Å²) in [6, 6.07) is 5.88. The van der Waals surface area contributed by atoms with Crippen LogP contribution in [-0.4, -0.2) is 37.3 Å². The summed E-state index contributed by atoms with van der Waals surface area (Å²) in [4.78, 5) is 17.0. The third-order valence-electron chi connectivity index (χ3n) is 3.41. The lowest BCUT2D eigenvalue weighted by molar-refractivity contribution is 0.0954. The van der Waals surface area contributed by atoms with Crippen molar-refractivity contribution in [2.75, 3.05) is 20.4 Å². The minimum Gasteiger partial charge on any atom is -0.454 e. The van der Waals surface area contributed by atoms with Crippen molar-refractivity contribution in [2.24, 2.45) is 0 Å². The number of likely N-dealkylation sites (N-methyl/N-ethyl adjacent to an activating group) is 1. The second-order valence-electron chi connectivity index (χ2n) is 5.00. The van der Waals surface area contributed by atoms with Gasteiger partial charge < -0.3 is 20.1 Å². The minimum atomic E-state index is -0.105. The van der Waals surface area contributed by atoms with Crippen LogP contribution in [0.2, 0.25) is 0 Å².